The molecule has 1 aromatic carbocycles. The summed E-state index contributed by atoms with van der Waals surface area (Å²) in [5.41, 5.74) is -0.230. The molecular weight excluding hydrogens is 252 g/mol. The van der Waals surface area contributed by atoms with Crippen LogP contribution in [0.1, 0.15) is 16.1 Å². The van der Waals surface area contributed by atoms with Crippen LogP contribution in [0.15, 0.2) is 41.0 Å². The molecule has 0 N–H and O–H groups in total. The highest BCUT2D eigenvalue weighted by Gasteiger charge is 2.15. The summed E-state index contributed by atoms with van der Waals surface area (Å²) < 4.78 is 31.6. The molecule has 0 aliphatic heterocycles. The van der Waals surface area contributed by atoms with Gasteiger partial charge >= 0.3 is 0 Å². The zero-order chi connectivity index (χ0) is 13.8. The van der Waals surface area contributed by atoms with E-state index in [1.54, 1.807) is 24.1 Å². The predicted molar refractivity (Wildman–Crippen MR) is 65.7 cm³/mol. The van der Waals surface area contributed by atoms with E-state index in [2.05, 4.69) is 0 Å². The number of nitrogens with zero attached hydrogens (tertiary/aromatic N) is 1. The van der Waals surface area contributed by atoms with E-state index in [9.17, 15) is 13.6 Å². The highest BCUT2D eigenvalue weighted by Crippen LogP contribution is 2.12. The van der Waals surface area contributed by atoms with Gasteiger partial charge in [-0.05, 0) is 37.4 Å². The first-order valence-electron chi connectivity index (χ1n) is 5.75. The number of carbonyl (C=O) groups is 1. The Kier molecular flexibility index (Phi) is 4.06. The molecule has 0 aliphatic rings. The van der Waals surface area contributed by atoms with Gasteiger partial charge in [-0.3, -0.25) is 9.69 Å². The molecule has 1 aromatic heterocycles. The molecule has 5 heteroatoms. The van der Waals surface area contributed by atoms with E-state index in [1.807, 2.05) is 0 Å². The second kappa shape index (κ2) is 5.75. The lowest BCUT2D eigenvalue weighted by Crippen LogP contribution is -2.26. The van der Waals surface area contributed by atoms with Gasteiger partial charge in [0.05, 0.1) is 24.9 Å². The minimum absolute atomic E-state index is 0.0128. The van der Waals surface area contributed by atoms with Crippen molar-refractivity contribution in [2.75, 3.05) is 13.6 Å². The number of benzene rings is 1. The predicted octanol–water partition coefficient (Wildman–Crippen LogP) is 2.87. The molecule has 0 amide bonds. The lowest BCUT2D eigenvalue weighted by Gasteiger charge is -2.14. The SMILES string of the molecule is CN(CC(=O)c1cc(F)ccc1F)Cc1ccco1. The summed E-state index contributed by atoms with van der Waals surface area (Å²) in [5.74, 6) is -1.10. The van der Waals surface area contributed by atoms with Gasteiger partial charge in [-0.2, -0.15) is 0 Å². The maximum absolute atomic E-state index is 13.4. The van der Waals surface area contributed by atoms with Gasteiger partial charge in [-0.25, -0.2) is 8.78 Å². The van der Waals surface area contributed by atoms with Crippen molar-refractivity contribution < 1.29 is 18.0 Å². The van der Waals surface area contributed by atoms with Crippen molar-refractivity contribution in [1.82, 2.24) is 4.90 Å². The summed E-state index contributed by atoms with van der Waals surface area (Å²) in [5, 5.41) is 0. The van der Waals surface area contributed by atoms with Crippen LogP contribution in [0.5, 0.6) is 0 Å². The third kappa shape index (κ3) is 3.48. The number of likely N-dealkylation sites (N-methyl/N-ethyl adjacent to an activating group) is 1. The van der Waals surface area contributed by atoms with Gasteiger partial charge < -0.3 is 4.42 Å². The number of rotatable bonds is 5. The summed E-state index contributed by atoms with van der Waals surface area (Å²) in [6.07, 6.45) is 1.54. The van der Waals surface area contributed by atoms with Crippen LogP contribution in [-0.4, -0.2) is 24.3 Å². The number of hydrogen-bond acceptors (Lipinski definition) is 3. The van der Waals surface area contributed by atoms with Gasteiger partial charge in [0, 0.05) is 0 Å². The first-order chi connectivity index (χ1) is 9.06. The van der Waals surface area contributed by atoms with Crippen LogP contribution in [0.4, 0.5) is 8.78 Å². The van der Waals surface area contributed by atoms with Gasteiger partial charge in [-0.15, -0.1) is 0 Å². The van der Waals surface area contributed by atoms with E-state index in [1.165, 1.54) is 6.26 Å². The molecule has 0 spiro atoms. The summed E-state index contributed by atoms with van der Waals surface area (Å²) in [4.78, 5) is 13.5. The highest BCUT2D eigenvalue weighted by molar-refractivity contribution is 5.97. The van der Waals surface area contributed by atoms with E-state index in [4.69, 9.17) is 4.42 Å². The number of furan rings is 1. The Morgan fingerprint density at radius 1 is 1.32 bits per heavy atom. The van der Waals surface area contributed by atoms with Crippen molar-refractivity contribution in [2.45, 2.75) is 6.54 Å². The fourth-order valence-electron chi connectivity index (χ4n) is 1.77. The Hall–Kier alpha value is -2.01. The third-order valence-electron chi connectivity index (χ3n) is 2.65. The van der Waals surface area contributed by atoms with Crippen molar-refractivity contribution >= 4 is 5.78 Å². The molecule has 1 heterocycles. The van der Waals surface area contributed by atoms with Crippen molar-refractivity contribution in [3.05, 3.63) is 59.6 Å². The summed E-state index contributed by atoms with van der Waals surface area (Å²) in [7, 11) is 1.71. The van der Waals surface area contributed by atoms with Crippen LogP contribution < -0.4 is 0 Å². The largest absolute Gasteiger partial charge is 0.468 e. The van der Waals surface area contributed by atoms with Gasteiger partial charge in [-0.1, -0.05) is 0 Å². The van der Waals surface area contributed by atoms with Crippen molar-refractivity contribution in [3.8, 4) is 0 Å². The number of ketones is 1. The van der Waals surface area contributed by atoms with Gasteiger partial charge in [0.1, 0.15) is 17.4 Å². The Morgan fingerprint density at radius 2 is 2.11 bits per heavy atom. The number of Topliss-reactive ketones (excluding diaryl/α,β-unsaturated/α-hetero) is 1. The fraction of sp³-hybridized carbons (Fsp3) is 0.214. The Balaban J connectivity index is 2.02. The van der Waals surface area contributed by atoms with Gasteiger partial charge in [0.15, 0.2) is 5.78 Å². The van der Waals surface area contributed by atoms with E-state index >= 15 is 0 Å². The van der Waals surface area contributed by atoms with E-state index in [0.29, 0.717) is 12.3 Å². The molecule has 100 valence electrons. The lowest BCUT2D eigenvalue weighted by molar-refractivity contribution is 0.0935. The molecule has 2 aromatic rings. The van der Waals surface area contributed by atoms with Crippen molar-refractivity contribution in [1.29, 1.82) is 0 Å². The monoisotopic (exact) mass is 265 g/mol. The maximum Gasteiger partial charge on any atom is 0.179 e. The topological polar surface area (TPSA) is 33.5 Å². The molecule has 2 rings (SSSR count). The molecule has 0 radical (unpaired) electrons. The zero-order valence-electron chi connectivity index (χ0n) is 10.4. The smallest absolute Gasteiger partial charge is 0.179 e. The second-order valence-electron chi connectivity index (χ2n) is 4.30. The first kappa shape index (κ1) is 13.4. The second-order valence-corrected chi connectivity index (χ2v) is 4.30. The maximum atomic E-state index is 13.4. The Labute approximate surface area is 109 Å². The van der Waals surface area contributed by atoms with E-state index < -0.39 is 17.4 Å². The van der Waals surface area contributed by atoms with Gasteiger partial charge in [0.25, 0.3) is 0 Å². The quantitative estimate of drug-likeness (QED) is 0.779. The van der Waals surface area contributed by atoms with Crippen LogP contribution in [0.25, 0.3) is 0 Å². The van der Waals surface area contributed by atoms with Crippen LogP contribution in [0.2, 0.25) is 0 Å². The molecule has 0 saturated heterocycles. The Morgan fingerprint density at radius 3 is 2.79 bits per heavy atom. The lowest BCUT2D eigenvalue weighted by atomic mass is 10.1. The number of halogens is 2. The first-order valence-corrected chi connectivity index (χ1v) is 5.75. The van der Waals surface area contributed by atoms with Crippen LogP contribution >= 0.6 is 0 Å². The van der Waals surface area contributed by atoms with Gasteiger partial charge in [0.2, 0.25) is 0 Å². The third-order valence-corrected chi connectivity index (χ3v) is 2.65. The average molecular weight is 265 g/mol. The minimum Gasteiger partial charge on any atom is -0.468 e. The van der Waals surface area contributed by atoms with Crippen LogP contribution in [-0.2, 0) is 6.54 Å². The highest BCUT2D eigenvalue weighted by atomic mass is 19.1. The summed E-state index contributed by atoms with van der Waals surface area (Å²) in [6, 6.07) is 6.38. The molecule has 0 aliphatic carbocycles. The standard InChI is InChI=1S/C14H13F2NO2/c1-17(8-11-3-2-6-19-11)9-14(18)12-7-10(15)4-5-13(12)16/h2-7H,8-9H2,1H3. The van der Waals surface area contributed by atoms with E-state index in [-0.39, 0.29) is 12.1 Å². The molecule has 0 saturated carbocycles. The van der Waals surface area contributed by atoms with Crippen molar-refractivity contribution in [3.63, 3.8) is 0 Å². The Bertz CT molecular complexity index is 567. The van der Waals surface area contributed by atoms with Crippen LogP contribution in [0.3, 0.4) is 0 Å². The number of carbonyl (C=O) groups excluding carboxylic acids is 1. The molecule has 19 heavy (non-hydrogen) atoms. The zero-order valence-corrected chi connectivity index (χ0v) is 10.4. The molecule has 0 atom stereocenters. The molecule has 0 bridgehead atoms. The molecule has 0 fully saturated rings. The molecular formula is C14H13F2NO2. The summed E-state index contributed by atoms with van der Waals surface area (Å²) in [6.45, 7) is 0.413. The van der Waals surface area contributed by atoms with Crippen LogP contribution in [0, 0.1) is 11.6 Å². The number of hydrogen-bond donors (Lipinski definition) is 0. The molecule has 3 nitrogen and oxygen atoms in total. The van der Waals surface area contributed by atoms with Crippen molar-refractivity contribution in [2.24, 2.45) is 0 Å². The van der Waals surface area contributed by atoms with E-state index in [0.717, 1.165) is 18.2 Å². The normalized spacial score (nSPS) is 10.9. The molecule has 0 unspecified atom stereocenters. The average Bonchev–Trinajstić information content (AvgIpc) is 2.84. The minimum atomic E-state index is -0.710. The summed E-state index contributed by atoms with van der Waals surface area (Å²) >= 11 is 0. The fourth-order valence-corrected chi connectivity index (χ4v) is 1.77.